The van der Waals surface area contributed by atoms with Crippen molar-refractivity contribution in [3.8, 4) is 0 Å². The van der Waals surface area contributed by atoms with E-state index in [1.54, 1.807) is 0 Å². The van der Waals surface area contributed by atoms with Gasteiger partial charge in [-0.1, -0.05) is 36.9 Å². The fourth-order valence-corrected chi connectivity index (χ4v) is 2.75. The highest BCUT2D eigenvalue weighted by Crippen LogP contribution is 2.21. The summed E-state index contributed by atoms with van der Waals surface area (Å²) in [5.41, 5.74) is 1.39. The number of amides is 1. The Morgan fingerprint density at radius 2 is 2.00 bits per heavy atom. The minimum Gasteiger partial charge on any atom is -0.353 e. The van der Waals surface area contributed by atoms with Crippen LogP contribution in [-0.4, -0.2) is 30.4 Å². The zero-order chi connectivity index (χ0) is 14.2. The molecule has 3 heteroatoms. The van der Waals surface area contributed by atoms with Crippen LogP contribution in [0.15, 0.2) is 43.0 Å². The molecule has 1 heterocycles. The molecule has 0 aromatic heterocycles. The van der Waals surface area contributed by atoms with Gasteiger partial charge in [-0.05, 0) is 49.9 Å². The molecule has 1 fully saturated rings. The van der Waals surface area contributed by atoms with Gasteiger partial charge in [-0.2, -0.15) is 0 Å². The van der Waals surface area contributed by atoms with Gasteiger partial charge in [0, 0.05) is 13.1 Å². The number of carbonyl (C=O) groups is 1. The SMILES string of the molecule is C=CC(=O)NCCC1CCN(Cc2ccccc2)CC1. The van der Waals surface area contributed by atoms with Crippen LogP contribution in [0.3, 0.4) is 0 Å². The third kappa shape index (κ3) is 4.82. The summed E-state index contributed by atoms with van der Waals surface area (Å²) in [5.74, 6) is 0.679. The molecule has 2 rings (SSSR count). The third-order valence-electron chi connectivity index (χ3n) is 3.99. The highest BCUT2D eigenvalue weighted by atomic mass is 16.1. The molecule has 1 saturated heterocycles. The van der Waals surface area contributed by atoms with Gasteiger partial charge in [-0.25, -0.2) is 0 Å². The Labute approximate surface area is 121 Å². The van der Waals surface area contributed by atoms with E-state index in [1.165, 1.54) is 24.5 Å². The maximum Gasteiger partial charge on any atom is 0.243 e. The highest BCUT2D eigenvalue weighted by Gasteiger charge is 2.18. The van der Waals surface area contributed by atoms with Crippen LogP contribution < -0.4 is 5.32 Å². The molecule has 0 atom stereocenters. The summed E-state index contributed by atoms with van der Waals surface area (Å²) in [6, 6.07) is 10.6. The lowest BCUT2D eigenvalue weighted by Gasteiger charge is -2.32. The average Bonchev–Trinajstić information content (AvgIpc) is 2.50. The second kappa shape index (κ2) is 7.85. The average molecular weight is 272 g/mol. The smallest absolute Gasteiger partial charge is 0.243 e. The Hall–Kier alpha value is -1.61. The molecule has 0 spiro atoms. The van der Waals surface area contributed by atoms with Crippen LogP contribution in [0.4, 0.5) is 0 Å². The van der Waals surface area contributed by atoms with Crippen molar-refractivity contribution in [2.45, 2.75) is 25.8 Å². The van der Waals surface area contributed by atoms with Crippen molar-refractivity contribution in [1.29, 1.82) is 0 Å². The summed E-state index contributed by atoms with van der Waals surface area (Å²) in [7, 11) is 0. The van der Waals surface area contributed by atoms with Crippen LogP contribution in [0.2, 0.25) is 0 Å². The van der Waals surface area contributed by atoms with Crippen molar-refractivity contribution in [1.82, 2.24) is 10.2 Å². The molecule has 1 aliphatic heterocycles. The van der Waals surface area contributed by atoms with Crippen molar-refractivity contribution in [2.24, 2.45) is 5.92 Å². The van der Waals surface area contributed by atoms with Crippen LogP contribution in [0.1, 0.15) is 24.8 Å². The van der Waals surface area contributed by atoms with E-state index in [9.17, 15) is 4.79 Å². The minimum atomic E-state index is -0.0634. The van der Waals surface area contributed by atoms with Crippen molar-refractivity contribution in [3.05, 3.63) is 48.6 Å². The molecular weight excluding hydrogens is 248 g/mol. The maximum atomic E-state index is 11.1. The van der Waals surface area contributed by atoms with Gasteiger partial charge >= 0.3 is 0 Å². The van der Waals surface area contributed by atoms with Crippen molar-refractivity contribution in [2.75, 3.05) is 19.6 Å². The molecule has 0 radical (unpaired) electrons. The standard InChI is InChI=1S/C17H24N2O/c1-2-17(20)18-11-8-15-9-12-19(13-10-15)14-16-6-4-3-5-7-16/h2-7,15H,1,8-14H2,(H,18,20). The van der Waals surface area contributed by atoms with E-state index in [2.05, 4.69) is 47.1 Å². The highest BCUT2D eigenvalue weighted by molar-refractivity contribution is 5.86. The number of likely N-dealkylation sites (tertiary alicyclic amines) is 1. The van der Waals surface area contributed by atoms with E-state index < -0.39 is 0 Å². The molecule has 0 aliphatic carbocycles. The Morgan fingerprint density at radius 1 is 1.30 bits per heavy atom. The van der Waals surface area contributed by atoms with E-state index in [0.717, 1.165) is 38.5 Å². The quantitative estimate of drug-likeness (QED) is 0.807. The van der Waals surface area contributed by atoms with Crippen molar-refractivity contribution >= 4 is 5.91 Å². The van der Waals surface area contributed by atoms with E-state index in [4.69, 9.17) is 0 Å². The molecule has 0 saturated carbocycles. The molecule has 1 aromatic rings. The predicted molar refractivity (Wildman–Crippen MR) is 82.3 cm³/mol. The number of piperidine rings is 1. The minimum absolute atomic E-state index is 0.0634. The number of hydrogen-bond donors (Lipinski definition) is 1. The lowest BCUT2D eigenvalue weighted by atomic mass is 9.93. The zero-order valence-corrected chi connectivity index (χ0v) is 12.1. The van der Waals surface area contributed by atoms with E-state index in [1.807, 2.05) is 0 Å². The molecule has 3 nitrogen and oxygen atoms in total. The normalized spacial score (nSPS) is 16.8. The van der Waals surface area contributed by atoms with E-state index in [-0.39, 0.29) is 5.91 Å². The number of hydrogen-bond acceptors (Lipinski definition) is 2. The Bertz CT molecular complexity index is 422. The fraction of sp³-hybridized carbons (Fsp3) is 0.471. The first-order valence-corrected chi connectivity index (χ1v) is 7.44. The second-order valence-corrected chi connectivity index (χ2v) is 5.49. The summed E-state index contributed by atoms with van der Waals surface area (Å²) in [6.07, 6.45) is 4.88. The van der Waals surface area contributed by atoms with Gasteiger partial charge in [0.2, 0.25) is 5.91 Å². The molecule has 1 aromatic carbocycles. The Kier molecular flexibility index (Phi) is 5.81. The van der Waals surface area contributed by atoms with Gasteiger partial charge in [0.05, 0.1) is 0 Å². The topological polar surface area (TPSA) is 32.3 Å². The van der Waals surface area contributed by atoms with Crippen LogP contribution in [0.5, 0.6) is 0 Å². The summed E-state index contributed by atoms with van der Waals surface area (Å²) < 4.78 is 0. The second-order valence-electron chi connectivity index (χ2n) is 5.49. The van der Waals surface area contributed by atoms with Crippen LogP contribution in [0.25, 0.3) is 0 Å². The van der Waals surface area contributed by atoms with Crippen molar-refractivity contribution < 1.29 is 4.79 Å². The number of carbonyl (C=O) groups excluding carboxylic acids is 1. The molecule has 1 N–H and O–H groups in total. The first kappa shape index (κ1) is 14.8. The zero-order valence-electron chi connectivity index (χ0n) is 12.1. The van der Waals surface area contributed by atoms with Gasteiger partial charge in [0.1, 0.15) is 0 Å². The van der Waals surface area contributed by atoms with Gasteiger partial charge < -0.3 is 5.32 Å². The first-order valence-electron chi connectivity index (χ1n) is 7.44. The molecule has 1 amide bonds. The number of rotatable bonds is 6. The van der Waals surface area contributed by atoms with Crippen LogP contribution in [0, 0.1) is 5.92 Å². The van der Waals surface area contributed by atoms with Crippen LogP contribution in [-0.2, 0) is 11.3 Å². The molecule has 108 valence electrons. The molecule has 0 bridgehead atoms. The summed E-state index contributed by atoms with van der Waals surface area (Å²) in [4.78, 5) is 13.6. The summed E-state index contributed by atoms with van der Waals surface area (Å²) in [5, 5.41) is 2.86. The number of nitrogens with zero attached hydrogens (tertiary/aromatic N) is 1. The summed E-state index contributed by atoms with van der Waals surface area (Å²) in [6.45, 7) is 7.61. The Morgan fingerprint density at radius 3 is 2.65 bits per heavy atom. The summed E-state index contributed by atoms with van der Waals surface area (Å²) >= 11 is 0. The monoisotopic (exact) mass is 272 g/mol. The molecule has 20 heavy (non-hydrogen) atoms. The lowest BCUT2D eigenvalue weighted by molar-refractivity contribution is -0.116. The van der Waals surface area contributed by atoms with E-state index in [0.29, 0.717) is 0 Å². The van der Waals surface area contributed by atoms with Crippen LogP contribution >= 0.6 is 0 Å². The first-order chi connectivity index (χ1) is 9.78. The maximum absolute atomic E-state index is 11.1. The van der Waals surface area contributed by atoms with Gasteiger partial charge in [0.15, 0.2) is 0 Å². The van der Waals surface area contributed by atoms with Gasteiger partial charge in [-0.15, -0.1) is 0 Å². The predicted octanol–water partition coefficient (Wildman–Crippen LogP) is 2.59. The van der Waals surface area contributed by atoms with Gasteiger partial charge in [0.25, 0.3) is 0 Å². The molecule has 0 unspecified atom stereocenters. The molecular formula is C17H24N2O. The molecule has 1 aliphatic rings. The third-order valence-corrected chi connectivity index (χ3v) is 3.99. The number of benzene rings is 1. The Balaban J connectivity index is 1.65. The van der Waals surface area contributed by atoms with E-state index >= 15 is 0 Å². The van der Waals surface area contributed by atoms with Gasteiger partial charge in [-0.3, -0.25) is 9.69 Å². The fourth-order valence-electron chi connectivity index (χ4n) is 2.75. The largest absolute Gasteiger partial charge is 0.353 e. The van der Waals surface area contributed by atoms with Crippen molar-refractivity contribution in [3.63, 3.8) is 0 Å². The lowest BCUT2D eigenvalue weighted by Crippen LogP contribution is -2.34. The number of nitrogens with one attached hydrogen (secondary N) is 1.